The van der Waals surface area contributed by atoms with Gasteiger partial charge >= 0.3 is 0 Å². The maximum atomic E-state index is 11.2. The summed E-state index contributed by atoms with van der Waals surface area (Å²) in [5.41, 5.74) is 3.23. The van der Waals surface area contributed by atoms with Crippen LogP contribution in [0.5, 0.6) is 0 Å². The number of amides is 1. The summed E-state index contributed by atoms with van der Waals surface area (Å²) in [6.07, 6.45) is 0.878. The number of nitrogens with one attached hydrogen (secondary N) is 2. The second-order valence-corrected chi connectivity index (χ2v) is 5.69. The van der Waals surface area contributed by atoms with E-state index in [0.29, 0.717) is 13.2 Å². The van der Waals surface area contributed by atoms with Gasteiger partial charge in [-0.1, -0.05) is 18.2 Å². The summed E-state index contributed by atoms with van der Waals surface area (Å²) < 4.78 is 5.14. The van der Waals surface area contributed by atoms with Gasteiger partial charge in [0.05, 0.1) is 18.8 Å². The molecule has 2 N–H and O–H groups in total. The number of hydrogen-bond donors (Lipinski definition) is 2. The zero-order valence-corrected chi connectivity index (χ0v) is 13.1. The predicted octanol–water partition coefficient (Wildman–Crippen LogP) is 3.51. The van der Waals surface area contributed by atoms with Crippen molar-refractivity contribution in [1.82, 2.24) is 0 Å². The molecule has 0 aliphatic rings. The van der Waals surface area contributed by atoms with E-state index in [1.54, 1.807) is 18.4 Å². The molecule has 1 aromatic carbocycles. The maximum absolute atomic E-state index is 11.2. The number of para-hydroxylation sites is 1. The van der Waals surface area contributed by atoms with Crippen LogP contribution in [0.2, 0.25) is 0 Å². The first kappa shape index (κ1) is 15.5. The Hall–Kier alpha value is -1.85. The van der Waals surface area contributed by atoms with Gasteiger partial charge in [-0.3, -0.25) is 4.79 Å². The molecule has 0 bridgehead atoms. The van der Waals surface area contributed by atoms with Gasteiger partial charge in [0.1, 0.15) is 0 Å². The average Bonchev–Trinajstić information content (AvgIpc) is 2.90. The van der Waals surface area contributed by atoms with E-state index < -0.39 is 0 Å². The standard InChI is InChI=1S/C16H20N2O2S/c1-12(19)18-15-8-10-21-16(15)11-17-14-6-4-3-5-13(14)7-9-20-2/h3-6,8,10,17H,7,9,11H2,1-2H3,(H,18,19). The van der Waals surface area contributed by atoms with Crippen LogP contribution in [0.4, 0.5) is 11.4 Å². The second kappa shape index (κ2) is 7.81. The largest absolute Gasteiger partial charge is 0.384 e. The summed E-state index contributed by atoms with van der Waals surface area (Å²) in [5, 5.41) is 8.28. The Labute approximate surface area is 129 Å². The lowest BCUT2D eigenvalue weighted by Gasteiger charge is -2.12. The minimum atomic E-state index is -0.0462. The third-order valence-corrected chi connectivity index (χ3v) is 4.01. The Balaban J connectivity index is 2.03. The summed E-state index contributed by atoms with van der Waals surface area (Å²) >= 11 is 1.63. The molecule has 0 saturated heterocycles. The van der Waals surface area contributed by atoms with E-state index >= 15 is 0 Å². The predicted molar refractivity (Wildman–Crippen MR) is 88.0 cm³/mol. The van der Waals surface area contributed by atoms with Gasteiger partial charge in [-0.15, -0.1) is 11.3 Å². The second-order valence-electron chi connectivity index (χ2n) is 4.69. The van der Waals surface area contributed by atoms with Gasteiger partial charge < -0.3 is 15.4 Å². The van der Waals surface area contributed by atoms with Gasteiger partial charge in [-0.25, -0.2) is 0 Å². The quantitative estimate of drug-likeness (QED) is 0.823. The van der Waals surface area contributed by atoms with Crippen molar-refractivity contribution < 1.29 is 9.53 Å². The van der Waals surface area contributed by atoms with Crippen LogP contribution in [0.3, 0.4) is 0 Å². The first-order valence-corrected chi connectivity index (χ1v) is 7.73. The number of ether oxygens (including phenoxy) is 1. The fourth-order valence-corrected chi connectivity index (χ4v) is 2.85. The fourth-order valence-electron chi connectivity index (χ4n) is 2.08. The summed E-state index contributed by atoms with van der Waals surface area (Å²) in [6.45, 7) is 2.92. The zero-order valence-electron chi connectivity index (χ0n) is 12.3. The monoisotopic (exact) mass is 304 g/mol. The van der Waals surface area contributed by atoms with Crippen molar-refractivity contribution in [2.45, 2.75) is 19.9 Å². The first-order valence-electron chi connectivity index (χ1n) is 6.85. The van der Waals surface area contributed by atoms with Crippen molar-refractivity contribution in [1.29, 1.82) is 0 Å². The lowest BCUT2D eigenvalue weighted by molar-refractivity contribution is -0.114. The normalized spacial score (nSPS) is 10.4. The third-order valence-electron chi connectivity index (χ3n) is 3.09. The lowest BCUT2D eigenvalue weighted by atomic mass is 10.1. The van der Waals surface area contributed by atoms with Gasteiger partial charge in [0.15, 0.2) is 0 Å². The van der Waals surface area contributed by atoms with E-state index in [0.717, 1.165) is 22.7 Å². The van der Waals surface area contributed by atoms with Crippen LogP contribution >= 0.6 is 11.3 Å². The van der Waals surface area contributed by atoms with Crippen LogP contribution < -0.4 is 10.6 Å². The molecule has 5 heteroatoms. The molecule has 112 valence electrons. The van der Waals surface area contributed by atoms with Gasteiger partial charge in [0.25, 0.3) is 0 Å². The van der Waals surface area contributed by atoms with E-state index in [1.807, 2.05) is 23.6 Å². The average molecular weight is 304 g/mol. The molecule has 1 amide bonds. The van der Waals surface area contributed by atoms with Crippen LogP contribution in [0.1, 0.15) is 17.4 Å². The fraction of sp³-hybridized carbons (Fsp3) is 0.312. The van der Waals surface area contributed by atoms with Crippen molar-refractivity contribution in [3.8, 4) is 0 Å². The van der Waals surface area contributed by atoms with E-state index in [1.165, 1.54) is 12.5 Å². The van der Waals surface area contributed by atoms with Gasteiger partial charge in [0, 0.05) is 24.6 Å². The van der Waals surface area contributed by atoms with Crippen molar-refractivity contribution >= 4 is 28.6 Å². The van der Waals surface area contributed by atoms with Gasteiger partial charge in [0.2, 0.25) is 5.91 Å². The third kappa shape index (κ3) is 4.58. The lowest BCUT2D eigenvalue weighted by Crippen LogP contribution is -2.09. The molecule has 0 saturated carbocycles. The van der Waals surface area contributed by atoms with E-state index in [4.69, 9.17) is 4.74 Å². The highest BCUT2D eigenvalue weighted by Gasteiger charge is 2.07. The highest BCUT2D eigenvalue weighted by Crippen LogP contribution is 2.24. The summed E-state index contributed by atoms with van der Waals surface area (Å²) in [7, 11) is 1.71. The smallest absolute Gasteiger partial charge is 0.221 e. The molecular formula is C16H20N2O2S. The summed E-state index contributed by atoms with van der Waals surface area (Å²) in [6, 6.07) is 10.1. The Morgan fingerprint density at radius 3 is 2.81 bits per heavy atom. The molecule has 0 aliphatic heterocycles. The number of carbonyl (C=O) groups is 1. The molecule has 0 aliphatic carbocycles. The van der Waals surface area contributed by atoms with Crippen LogP contribution in [-0.2, 0) is 22.5 Å². The highest BCUT2D eigenvalue weighted by atomic mass is 32.1. The Morgan fingerprint density at radius 2 is 2.05 bits per heavy atom. The molecule has 0 unspecified atom stereocenters. The zero-order chi connectivity index (χ0) is 15.1. The number of methoxy groups -OCH3 is 1. The van der Waals surface area contributed by atoms with Crippen molar-refractivity contribution in [3.63, 3.8) is 0 Å². The number of thiophene rings is 1. The number of hydrogen-bond acceptors (Lipinski definition) is 4. The van der Waals surface area contributed by atoms with Crippen LogP contribution in [0, 0.1) is 0 Å². The molecule has 0 atom stereocenters. The van der Waals surface area contributed by atoms with Crippen LogP contribution in [-0.4, -0.2) is 19.6 Å². The molecule has 4 nitrogen and oxygen atoms in total. The molecule has 2 aromatic rings. The molecule has 0 spiro atoms. The van der Waals surface area contributed by atoms with E-state index in [9.17, 15) is 4.79 Å². The topological polar surface area (TPSA) is 50.4 Å². The minimum absolute atomic E-state index is 0.0462. The van der Waals surface area contributed by atoms with Crippen molar-refractivity contribution in [3.05, 3.63) is 46.2 Å². The van der Waals surface area contributed by atoms with E-state index in [2.05, 4.69) is 22.8 Å². The molecule has 21 heavy (non-hydrogen) atoms. The SMILES string of the molecule is COCCc1ccccc1NCc1sccc1NC(C)=O. The molecule has 0 fully saturated rings. The number of benzene rings is 1. The summed E-state index contributed by atoms with van der Waals surface area (Å²) in [4.78, 5) is 12.3. The minimum Gasteiger partial charge on any atom is -0.384 e. The molecule has 0 radical (unpaired) electrons. The molecule has 2 rings (SSSR count). The van der Waals surface area contributed by atoms with Crippen LogP contribution in [0.25, 0.3) is 0 Å². The Kier molecular flexibility index (Phi) is 5.78. The Bertz CT molecular complexity index is 595. The first-order chi connectivity index (χ1) is 10.2. The molecule has 1 heterocycles. The van der Waals surface area contributed by atoms with Gasteiger partial charge in [-0.05, 0) is 29.5 Å². The van der Waals surface area contributed by atoms with E-state index in [-0.39, 0.29) is 5.91 Å². The molecular weight excluding hydrogens is 284 g/mol. The highest BCUT2D eigenvalue weighted by molar-refractivity contribution is 7.10. The Morgan fingerprint density at radius 1 is 1.24 bits per heavy atom. The molecule has 1 aromatic heterocycles. The number of rotatable bonds is 7. The number of anilines is 2. The van der Waals surface area contributed by atoms with Crippen LogP contribution in [0.15, 0.2) is 35.7 Å². The van der Waals surface area contributed by atoms with Crippen molar-refractivity contribution in [2.75, 3.05) is 24.4 Å². The van der Waals surface area contributed by atoms with Gasteiger partial charge in [-0.2, -0.15) is 0 Å². The maximum Gasteiger partial charge on any atom is 0.221 e. The number of carbonyl (C=O) groups excluding carboxylic acids is 1. The summed E-state index contributed by atoms with van der Waals surface area (Å²) in [5.74, 6) is -0.0462. The van der Waals surface area contributed by atoms with Crippen molar-refractivity contribution in [2.24, 2.45) is 0 Å².